The molecule has 1 aromatic carbocycles. The number of hydrogen-bond acceptors (Lipinski definition) is 2. The zero-order chi connectivity index (χ0) is 16.1. The Bertz CT molecular complexity index is 915. The molecule has 3 aromatic rings. The van der Waals surface area contributed by atoms with Crippen molar-refractivity contribution in [2.75, 3.05) is 0 Å². The molecule has 1 fully saturated rings. The molecule has 1 saturated carbocycles. The SMILES string of the molecule is Cc1c(-c2cc(C(N)=O)c(C)n2CC2CC2)sc2ccccc12. The Morgan fingerprint density at radius 2 is 2.04 bits per heavy atom. The van der Waals surface area contributed by atoms with Crippen LogP contribution in [-0.2, 0) is 6.54 Å². The van der Waals surface area contributed by atoms with E-state index in [9.17, 15) is 4.79 Å². The number of primary amides is 1. The van der Waals surface area contributed by atoms with Crippen molar-refractivity contribution >= 4 is 27.3 Å². The molecule has 0 spiro atoms. The predicted molar refractivity (Wildman–Crippen MR) is 96.0 cm³/mol. The number of nitrogens with two attached hydrogens (primary N) is 1. The molecule has 118 valence electrons. The summed E-state index contributed by atoms with van der Waals surface area (Å²) < 4.78 is 3.59. The maximum atomic E-state index is 11.8. The summed E-state index contributed by atoms with van der Waals surface area (Å²) in [5.74, 6) is 0.410. The van der Waals surface area contributed by atoms with Gasteiger partial charge in [0.2, 0.25) is 0 Å². The van der Waals surface area contributed by atoms with Crippen LogP contribution in [-0.4, -0.2) is 10.5 Å². The fraction of sp³-hybridized carbons (Fsp3) is 0.316. The topological polar surface area (TPSA) is 48.0 Å². The third-order valence-electron chi connectivity index (χ3n) is 4.85. The Hall–Kier alpha value is -2.07. The Balaban J connectivity index is 1.93. The van der Waals surface area contributed by atoms with Crippen molar-refractivity contribution < 1.29 is 4.79 Å². The minimum Gasteiger partial charge on any atom is -0.366 e. The van der Waals surface area contributed by atoms with Crippen molar-refractivity contribution in [3.63, 3.8) is 0 Å². The van der Waals surface area contributed by atoms with Gasteiger partial charge in [-0.15, -0.1) is 11.3 Å². The number of benzene rings is 1. The van der Waals surface area contributed by atoms with E-state index in [-0.39, 0.29) is 5.91 Å². The van der Waals surface area contributed by atoms with Gasteiger partial charge in [0.25, 0.3) is 5.91 Å². The van der Waals surface area contributed by atoms with E-state index in [1.807, 2.05) is 13.0 Å². The van der Waals surface area contributed by atoms with E-state index < -0.39 is 0 Å². The lowest BCUT2D eigenvalue weighted by molar-refractivity contribution is 0.0999. The van der Waals surface area contributed by atoms with Crippen LogP contribution in [0.5, 0.6) is 0 Å². The molecule has 2 N–H and O–H groups in total. The average Bonchev–Trinajstić information content (AvgIpc) is 3.21. The summed E-state index contributed by atoms with van der Waals surface area (Å²) in [5.41, 5.74) is 9.66. The Morgan fingerprint density at radius 1 is 1.30 bits per heavy atom. The maximum Gasteiger partial charge on any atom is 0.250 e. The number of thiophene rings is 1. The molecule has 3 nitrogen and oxygen atoms in total. The minimum atomic E-state index is -0.336. The number of fused-ring (bicyclic) bond motifs is 1. The number of carbonyl (C=O) groups is 1. The molecule has 1 aliphatic rings. The normalized spacial score (nSPS) is 14.5. The van der Waals surface area contributed by atoms with Gasteiger partial charge in [0.1, 0.15) is 0 Å². The molecule has 2 heterocycles. The van der Waals surface area contributed by atoms with E-state index in [2.05, 4.69) is 35.8 Å². The third kappa shape index (κ3) is 2.38. The predicted octanol–water partition coefficient (Wildman–Crippen LogP) is 4.50. The van der Waals surface area contributed by atoms with Gasteiger partial charge in [-0.25, -0.2) is 0 Å². The number of carbonyl (C=O) groups excluding carboxylic acids is 1. The summed E-state index contributed by atoms with van der Waals surface area (Å²) in [4.78, 5) is 13.0. The summed E-state index contributed by atoms with van der Waals surface area (Å²) in [5, 5.41) is 1.30. The Kier molecular flexibility index (Phi) is 3.31. The molecule has 0 unspecified atom stereocenters. The van der Waals surface area contributed by atoms with Crippen LogP contribution in [0.25, 0.3) is 20.7 Å². The van der Waals surface area contributed by atoms with E-state index in [4.69, 9.17) is 5.73 Å². The van der Waals surface area contributed by atoms with Crippen molar-refractivity contribution in [1.29, 1.82) is 0 Å². The van der Waals surface area contributed by atoms with Gasteiger partial charge in [-0.2, -0.15) is 0 Å². The zero-order valence-electron chi connectivity index (χ0n) is 13.4. The number of hydrogen-bond donors (Lipinski definition) is 1. The molecule has 0 aliphatic heterocycles. The molecule has 1 aliphatic carbocycles. The fourth-order valence-electron chi connectivity index (χ4n) is 3.30. The van der Waals surface area contributed by atoms with Crippen LogP contribution >= 0.6 is 11.3 Å². The summed E-state index contributed by atoms with van der Waals surface area (Å²) in [6.07, 6.45) is 2.57. The largest absolute Gasteiger partial charge is 0.366 e. The van der Waals surface area contributed by atoms with Gasteiger partial charge in [-0.1, -0.05) is 18.2 Å². The van der Waals surface area contributed by atoms with Crippen molar-refractivity contribution in [3.05, 3.63) is 47.2 Å². The third-order valence-corrected chi connectivity index (χ3v) is 6.14. The smallest absolute Gasteiger partial charge is 0.250 e. The first-order valence-corrected chi connectivity index (χ1v) is 8.86. The van der Waals surface area contributed by atoms with Gasteiger partial charge in [0.15, 0.2) is 0 Å². The number of aromatic nitrogens is 1. The molecule has 0 radical (unpaired) electrons. The van der Waals surface area contributed by atoms with Crippen LogP contribution in [0.3, 0.4) is 0 Å². The lowest BCUT2D eigenvalue weighted by Crippen LogP contribution is -2.12. The highest BCUT2D eigenvalue weighted by atomic mass is 32.1. The molecule has 23 heavy (non-hydrogen) atoms. The van der Waals surface area contributed by atoms with E-state index in [1.54, 1.807) is 11.3 Å². The van der Waals surface area contributed by atoms with E-state index in [1.165, 1.54) is 33.4 Å². The van der Waals surface area contributed by atoms with Gasteiger partial charge in [-0.3, -0.25) is 4.79 Å². The highest BCUT2D eigenvalue weighted by Crippen LogP contribution is 2.41. The van der Waals surface area contributed by atoms with Gasteiger partial charge in [0, 0.05) is 16.9 Å². The molecule has 4 heteroatoms. The standard InChI is InChI=1S/C19H20N2OS/c1-11-14-5-3-4-6-17(14)23-18(11)16-9-15(19(20)22)12(2)21(16)10-13-7-8-13/h3-6,9,13H,7-8,10H2,1-2H3,(H2,20,22). The van der Waals surface area contributed by atoms with Crippen LogP contribution < -0.4 is 5.73 Å². The molecule has 4 rings (SSSR count). The number of rotatable bonds is 4. The fourth-order valence-corrected chi connectivity index (χ4v) is 4.53. The van der Waals surface area contributed by atoms with Gasteiger partial charge < -0.3 is 10.3 Å². The molecule has 1 amide bonds. The van der Waals surface area contributed by atoms with Crippen LogP contribution in [0.4, 0.5) is 0 Å². The van der Waals surface area contributed by atoms with Crippen molar-refractivity contribution in [1.82, 2.24) is 4.57 Å². The molecular formula is C19H20N2OS. The molecule has 0 bridgehead atoms. The average molecular weight is 324 g/mol. The molecular weight excluding hydrogens is 304 g/mol. The van der Waals surface area contributed by atoms with Crippen molar-refractivity contribution in [2.45, 2.75) is 33.2 Å². The van der Waals surface area contributed by atoms with Crippen LogP contribution in [0.15, 0.2) is 30.3 Å². The molecule has 0 atom stereocenters. The second-order valence-corrected chi connectivity index (χ2v) is 7.55. The minimum absolute atomic E-state index is 0.336. The van der Waals surface area contributed by atoms with Gasteiger partial charge in [-0.05, 0) is 55.7 Å². The number of aryl methyl sites for hydroxylation is 1. The Morgan fingerprint density at radius 3 is 2.70 bits per heavy atom. The zero-order valence-corrected chi connectivity index (χ0v) is 14.2. The van der Waals surface area contributed by atoms with Gasteiger partial charge in [0.05, 0.1) is 16.1 Å². The summed E-state index contributed by atoms with van der Waals surface area (Å²) in [7, 11) is 0. The highest BCUT2D eigenvalue weighted by molar-refractivity contribution is 7.22. The summed E-state index contributed by atoms with van der Waals surface area (Å²) in [6.45, 7) is 5.17. The number of nitrogens with zero attached hydrogens (tertiary/aromatic N) is 1. The lowest BCUT2D eigenvalue weighted by atomic mass is 10.1. The van der Waals surface area contributed by atoms with Crippen molar-refractivity contribution in [3.8, 4) is 10.6 Å². The van der Waals surface area contributed by atoms with Gasteiger partial charge >= 0.3 is 0 Å². The summed E-state index contributed by atoms with van der Waals surface area (Å²) >= 11 is 1.80. The highest BCUT2D eigenvalue weighted by Gasteiger charge is 2.26. The first-order chi connectivity index (χ1) is 11.1. The van der Waals surface area contributed by atoms with E-state index in [0.29, 0.717) is 5.56 Å². The van der Waals surface area contributed by atoms with Crippen molar-refractivity contribution in [2.24, 2.45) is 11.7 Å². The summed E-state index contributed by atoms with van der Waals surface area (Å²) in [6, 6.07) is 10.5. The van der Waals surface area contributed by atoms with E-state index >= 15 is 0 Å². The molecule has 0 saturated heterocycles. The number of amides is 1. The maximum absolute atomic E-state index is 11.8. The Labute approximate surface area is 139 Å². The second kappa shape index (κ2) is 5.24. The first-order valence-electron chi connectivity index (χ1n) is 8.04. The second-order valence-electron chi connectivity index (χ2n) is 6.50. The monoisotopic (exact) mass is 324 g/mol. The van der Waals surface area contributed by atoms with Crippen LogP contribution in [0.1, 0.15) is 34.5 Å². The lowest BCUT2D eigenvalue weighted by Gasteiger charge is -2.11. The first kappa shape index (κ1) is 14.5. The van der Waals surface area contributed by atoms with Crippen LogP contribution in [0.2, 0.25) is 0 Å². The van der Waals surface area contributed by atoms with Crippen LogP contribution in [0, 0.1) is 19.8 Å². The van der Waals surface area contributed by atoms with E-state index in [0.717, 1.165) is 23.9 Å². The quantitative estimate of drug-likeness (QED) is 0.755. The molecule has 2 aromatic heterocycles.